The molecule has 1 aliphatic heterocycles. The van der Waals surface area contributed by atoms with Crippen LogP contribution in [0.3, 0.4) is 0 Å². The molecule has 0 bridgehead atoms. The van der Waals surface area contributed by atoms with E-state index in [0.717, 1.165) is 16.1 Å². The number of sulfonamides is 1. The van der Waals surface area contributed by atoms with Gasteiger partial charge in [0, 0.05) is 23.8 Å². The van der Waals surface area contributed by atoms with E-state index in [-0.39, 0.29) is 36.5 Å². The molecule has 0 radical (unpaired) electrons. The fourth-order valence-corrected chi connectivity index (χ4v) is 10.2. The van der Waals surface area contributed by atoms with Crippen molar-refractivity contribution in [3.63, 3.8) is 0 Å². The van der Waals surface area contributed by atoms with Gasteiger partial charge in [0.05, 0.1) is 17.8 Å². The van der Waals surface area contributed by atoms with Crippen molar-refractivity contribution in [3.8, 4) is 0 Å². The number of fused-ring (bicyclic) bond motifs is 7. The number of nitrogens with zero attached hydrogens (tertiary/aromatic N) is 1. The summed E-state index contributed by atoms with van der Waals surface area (Å²) >= 11 is 0. The maximum atomic E-state index is 13.5. The lowest BCUT2D eigenvalue weighted by Crippen LogP contribution is -2.60. The van der Waals surface area contributed by atoms with Crippen molar-refractivity contribution in [1.29, 1.82) is 0 Å². The van der Waals surface area contributed by atoms with Crippen LogP contribution in [0.5, 0.6) is 0 Å². The summed E-state index contributed by atoms with van der Waals surface area (Å²) in [7, 11) is -3.94. The van der Waals surface area contributed by atoms with Crippen LogP contribution in [0, 0.1) is 39.9 Å². The van der Waals surface area contributed by atoms with Crippen molar-refractivity contribution < 1.29 is 38.1 Å². The van der Waals surface area contributed by atoms with Crippen LogP contribution in [-0.4, -0.2) is 77.1 Å². The molecule has 35 heavy (non-hydrogen) atoms. The summed E-state index contributed by atoms with van der Waals surface area (Å²) in [6.45, 7) is 2.78. The van der Waals surface area contributed by atoms with Crippen molar-refractivity contribution in [2.24, 2.45) is 39.9 Å². The standard InChI is InChI=1S/C25H33NO8S/c1-23-7-6-14(28)8-13(23)4-5-15-16-9-17-21(22(31)32)26(35(3,33)34)12-25(17,19(30)11-27)24(16,2)10-18(29)20(15)23/h6-8,15-18,20-21,27,29H,4-5,9-12H2,1-3H3,(H,31,32)/t15-,16-,17-,18-,20+,21?,23-,24-,25+/m0/s1. The van der Waals surface area contributed by atoms with Gasteiger partial charge in [-0.05, 0) is 55.1 Å². The molecular formula is C25H33NO8S. The number of hydrogen-bond acceptors (Lipinski definition) is 7. The fourth-order valence-electron chi connectivity index (χ4n) is 9.13. The number of carboxylic acids is 1. The van der Waals surface area contributed by atoms with Crippen molar-refractivity contribution in [2.75, 3.05) is 19.4 Å². The Morgan fingerprint density at radius 3 is 2.51 bits per heavy atom. The van der Waals surface area contributed by atoms with E-state index in [9.17, 15) is 38.1 Å². The number of carbonyl (C=O) groups is 3. The van der Waals surface area contributed by atoms with E-state index < -0.39 is 62.7 Å². The second-order valence-electron chi connectivity index (χ2n) is 11.7. The van der Waals surface area contributed by atoms with E-state index in [0.29, 0.717) is 19.3 Å². The normalized spacial score (nSPS) is 46.9. The van der Waals surface area contributed by atoms with Crippen molar-refractivity contribution in [1.82, 2.24) is 4.31 Å². The molecule has 0 amide bonds. The number of rotatable bonds is 4. The summed E-state index contributed by atoms with van der Waals surface area (Å²) < 4.78 is 26.1. The van der Waals surface area contributed by atoms with Gasteiger partial charge in [-0.3, -0.25) is 14.4 Å². The number of Topliss-reactive ketones (excluding diaryl/α,β-unsaturated/α-hetero) is 1. The molecule has 5 aliphatic rings. The van der Waals surface area contributed by atoms with Crippen LogP contribution in [0.1, 0.15) is 39.5 Å². The average molecular weight is 508 g/mol. The Balaban J connectivity index is 1.65. The third kappa shape index (κ3) is 3.03. The van der Waals surface area contributed by atoms with Crippen molar-refractivity contribution in [3.05, 3.63) is 23.8 Å². The lowest BCUT2D eigenvalue weighted by Gasteiger charge is -2.60. The minimum absolute atomic E-state index is 0.0427. The number of aliphatic carboxylic acids is 1. The molecule has 9 nitrogen and oxygen atoms in total. The molecule has 10 heteroatoms. The Morgan fingerprint density at radius 2 is 1.91 bits per heavy atom. The molecule has 5 rings (SSSR count). The highest BCUT2D eigenvalue weighted by molar-refractivity contribution is 7.88. The zero-order valence-electron chi connectivity index (χ0n) is 20.2. The van der Waals surface area contributed by atoms with Gasteiger partial charge in [-0.1, -0.05) is 25.5 Å². The van der Waals surface area contributed by atoms with Gasteiger partial charge < -0.3 is 15.3 Å². The first kappa shape index (κ1) is 24.8. The lowest BCUT2D eigenvalue weighted by atomic mass is 9.44. The number of carbonyl (C=O) groups excluding carboxylic acids is 2. The summed E-state index contributed by atoms with van der Waals surface area (Å²) in [6.07, 6.45) is 7.04. The second-order valence-corrected chi connectivity index (χ2v) is 13.6. The monoisotopic (exact) mass is 507 g/mol. The topological polar surface area (TPSA) is 149 Å². The van der Waals surface area contributed by atoms with Gasteiger partial charge in [-0.15, -0.1) is 0 Å². The van der Waals surface area contributed by atoms with Crippen LogP contribution >= 0.6 is 0 Å². The Labute approximate surface area is 204 Å². The summed E-state index contributed by atoms with van der Waals surface area (Å²) in [6, 6.07) is -1.40. The third-order valence-electron chi connectivity index (χ3n) is 10.5. The molecule has 1 saturated heterocycles. The first-order chi connectivity index (χ1) is 16.2. The quantitative estimate of drug-likeness (QED) is 0.505. The average Bonchev–Trinajstić information content (AvgIpc) is 3.24. The smallest absolute Gasteiger partial charge is 0.322 e. The Kier molecular flexibility index (Phi) is 5.36. The first-order valence-corrected chi connectivity index (χ1v) is 14.0. The number of allylic oxidation sites excluding steroid dienone is 4. The molecule has 0 aromatic heterocycles. The van der Waals surface area contributed by atoms with Crippen molar-refractivity contribution >= 4 is 27.6 Å². The first-order valence-electron chi connectivity index (χ1n) is 12.2. The minimum Gasteiger partial charge on any atom is -0.480 e. The highest BCUT2D eigenvalue weighted by atomic mass is 32.2. The molecule has 3 N–H and O–H groups in total. The van der Waals surface area contributed by atoms with Crippen LogP contribution in [0.4, 0.5) is 0 Å². The van der Waals surface area contributed by atoms with Gasteiger partial charge in [0.2, 0.25) is 10.0 Å². The van der Waals surface area contributed by atoms with Gasteiger partial charge >= 0.3 is 5.97 Å². The number of hydrogen-bond donors (Lipinski definition) is 3. The predicted molar refractivity (Wildman–Crippen MR) is 124 cm³/mol. The molecule has 4 aliphatic carbocycles. The van der Waals surface area contributed by atoms with Crippen molar-refractivity contribution in [2.45, 2.75) is 51.7 Å². The molecule has 9 atom stereocenters. The Hall–Kier alpha value is -1.88. The van der Waals surface area contributed by atoms with E-state index in [2.05, 4.69) is 0 Å². The summed E-state index contributed by atoms with van der Waals surface area (Å²) in [5.41, 5.74) is -1.83. The van der Waals surface area contributed by atoms with Crippen LogP contribution in [0.2, 0.25) is 0 Å². The largest absolute Gasteiger partial charge is 0.480 e. The molecule has 0 spiro atoms. The molecule has 3 saturated carbocycles. The molecule has 192 valence electrons. The van der Waals surface area contributed by atoms with Gasteiger partial charge in [-0.2, -0.15) is 4.31 Å². The Bertz CT molecular complexity index is 1180. The maximum Gasteiger partial charge on any atom is 0.322 e. The summed E-state index contributed by atoms with van der Waals surface area (Å²) in [5, 5.41) is 31.7. The molecule has 0 aromatic carbocycles. The van der Waals surface area contributed by atoms with E-state index >= 15 is 0 Å². The van der Waals surface area contributed by atoms with Gasteiger partial charge in [-0.25, -0.2) is 8.42 Å². The highest BCUT2D eigenvalue weighted by Crippen LogP contribution is 2.73. The summed E-state index contributed by atoms with van der Waals surface area (Å²) in [4.78, 5) is 37.9. The zero-order valence-corrected chi connectivity index (χ0v) is 21.0. The molecule has 1 unspecified atom stereocenters. The minimum atomic E-state index is -3.94. The second kappa shape index (κ2) is 7.57. The molecule has 1 heterocycles. The van der Waals surface area contributed by atoms with Crippen LogP contribution in [0.15, 0.2) is 23.8 Å². The zero-order chi connectivity index (χ0) is 25.7. The van der Waals surface area contributed by atoms with Crippen LogP contribution in [0.25, 0.3) is 0 Å². The molecular weight excluding hydrogens is 474 g/mol. The number of aliphatic hydroxyl groups is 2. The summed E-state index contributed by atoms with van der Waals surface area (Å²) in [5.74, 6) is -3.12. The van der Waals surface area contributed by atoms with Gasteiger partial charge in [0.15, 0.2) is 11.6 Å². The number of ketones is 2. The number of aliphatic hydroxyl groups excluding tert-OH is 2. The van der Waals surface area contributed by atoms with Crippen LogP contribution < -0.4 is 0 Å². The van der Waals surface area contributed by atoms with E-state index in [1.54, 1.807) is 6.08 Å². The Morgan fingerprint density at radius 1 is 1.23 bits per heavy atom. The van der Waals surface area contributed by atoms with E-state index in [1.165, 1.54) is 6.08 Å². The highest BCUT2D eigenvalue weighted by Gasteiger charge is 2.76. The third-order valence-corrected chi connectivity index (χ3v) is 11.7. The van der Waals surface area contributed by atoms with E-state index in [4.69, 9.17) is 0 Å². The SMILES string of the molecule is C[C@]12C=CC(=O)C=C1CC[C@@H]1[C@@H]2[C@@H](O)C[C@@]2(C)[C@H]1C[C@H]1C(C(=O)O)N(S(C)(=O)=O)C[C@]12C(=O)CO. The fraction of sp³-hybridized carbons (Fsp3) is 0.720. The number of carboxylic acid groups (broad SMARTS) is 1. The van der Waals surface area contributed by atoms with Gasteiger partial charge in [0.25, 0.3) is 0 Å². The van der Waals surface area contributed by atoms with Crippen LogP contribution in [-0.2, 0) is 24.4 Å². The molecule has 0 aromatic rings. The lowest BCUT2D eigenvalue weighted by molar-refractivity contribution is -0.158. The maximum absolute atomic E-state index is 13.5. The predicted octanol–water partition coefficient (Wildman–Crippen LogP) is 0.767. The van der Waals surface area contributed by atoms with Gasteiger partial charge in [0.1, 0.15) is 12.6 Å². The molecule has 4 fully saturated rings. The van der Waals surface area contributed by atoms with E-state index in [1.807, 2.05) is 19.9 Å².